The lowest BCUT2D eigenvalue weighted by Crippen LogP contribution is -2.20. The van der Waals surface area contributed by atoms with E-state index in [4.69, 9.17) is 10.9 Å². The van der Waals surface area contributed by atoms with Crippen LogP contribution in [0.5, 0.6) is 0 Å². The fraction of sp³-hybridized carbons (Fsp3) is 0.0714. The first kappa shape index (κ1) is 14.3. The molecule has 0 fully saturated rings. The van der Waals surface area contributed by atoms with Crippen LogP contribution in [0, 0.1) is 5.82 Å². The van der Waals surface area contributed by atoms with Crippen LogP contribution in [0.4, 0.5) is 15.8 Å². The van der Waals surface area contributed by atoms with Crippen molar-refractivity contribution >= 4 is 33.1 Å². The Morgan fingerprint density at radius 2 is 1.95 bits per heavy atom. The molecule has 0 amide bonds. The first-order valence-electron chi connectivity index (χ1n) is 5.80. The van der Waals surface area contributed by atoms with Crippen LogP contribution < -0.4 is 10.6 Å². The van der Waals surface area contributed by atoms with E-state index in [0.717, 1.165) is 4.47 Å². The summed E-state index contributed by atoms with van der Waals surface area (Å²) in [5.74, 6) is -0.382. The molecule has 2 rings (SSSR count). The van der Waals surface area contributed by atoms with Crippen molar-refractivity contribution in [3.63, 3.8) is 0 Å². The van der Waals surface area contributed by atoms with Crippen molar-refractivity contribution in [2.45, 2.75) is 0 Å². The highest BCUT2D eigenvalue weighted by molar-refractivity contribution is 9.10. The summed E-state index contributed by atoms with van der Waals surface area (Å²) in [7, 11) is 1.72. The van der Waals surface area contributed by atoms with E-state index in [1.165, 1.54) is 6.07 Å². The third-order valence-corrected chi connectivity index (χ3v) is 3.41. The molecule has 104 valence electrons. The van der Waals surface area contributed by atoms with Gasteiger partial charge in [0.25, 0.3) is 0 Å². The van der Waals surface area contributed by atoms with Crippen molar-refractivity contribution in [1.82, 2.24) is 0 Å². The minimum Gasteiger partial charge on any atom is -0.409 e. The summed E-state index contributed by atoms with van der Waals surface area (Å²) < 4.78 is 14.6. The summed E-state index contributed by atoms with van der Waals surface area (Å²) in [5.41, 5.74) is 7.22. The first-order valence-corrected chi connectivity index (χ1v) is 6.59. The number of nitrogens with zero attached hydrogens (tertiary/aromatic N) is 2. The molecule has 0 bridgehead atoms. The second-order valence-electron chi connectivity index (χ2n) is 4.16. The number of oxime groups is 1. The molecule has 2 aromatic rings. The van der Waals surface area contributed by atoms with E-state index in [0.29, 0.717) is 16.9 Å². The third kappa shape index (κ3) is 2.75. The van der Waals surface area contributed by atoms with Crippen molar-refractivity contribution in [2.75, 3.05) is 11.9 Å². The molecule has 0 radical (unpaired) electrons. The SMILES string of the molecule is CN(c1ccccc1F)c1ccc(Br)cc1/C(N)=N/O. The minimum absolute atomic E-state index is 0.0375. The quantitative estimate of drug-likeness (QED) is 0.390. The first-order chi connectivity index (χ1) is 9.54. The van der Waals surface area contributed by atoms with Gasteiger partial charge >= 0.3 is 0 Å². The maximum Gasteiger partial charge on any atom is 0.172 e. The Morgan fingerprint density at radius 3 is 2.60 bits per heavy atom. The Balaban J connectivity index is 2.55. The van der Waals surface area contributed by atoms with Gasteiger partial charge in [0.1, 0.15) is 5.82 Å². The van der Waals surface area contributed by atoms with Gasteiger partial charge in [-0.15, -0.1) is 0 Å². The van der Waals surface area contributed by atoms with Crippen molar-refractivity contribution in [1.29, 1.82) is 0 Å². The van der Waals surface area contributed by atoms with Gasteiger partial charge in [0.2, 0.25) is 0 Å². The second kappa shape index (κ2) is 5.92. The number of nitrogens with two attached hydrogens (primary N) is 1. The zero-order valence-corrected chi connectivity index (χ0v) is 12.3. The molecule has 0 saturated carbocycles. The summed E-state index contributed by atoms with van der Waals surface area (Å²) in [4.78, 5) is 1.65. The molecule has 0 unspecified atom stereocenters. The molecular weight excluding hydrogens is 325 g/mol. The van der Waals surface area contributed by atoms with E-state index in [2.05, 4.69) is 21.1 Å². The standard InChI is InChI=1S/C14H13BrFN3O/c1-19(13-5-3-2-4-11(13)16)12-7-6-9(15)8-10(12)14(17)18-20/h2-8,20H,1H3,(H2,17,18). The highest BCUT2D eigenvalue weighted by atomic mass is 79.9. The van der Waals surface area contributed by atoms with Gasteiger partial charge < -0.3 is 15.8 Å². The Kier molecular flexibility index (Phi) is 4.24. The fourth-order valence-corrected chi connectivity index (χ4v) is 2.27. The average molecular weight is 338 g/mol. The zero-order valence-electron chi connectivity index (χ0n) is 10.7. The number of hydrogen-bond donors (Lipinski definition) is 2. The van der Waals surface area contributed by atoms with Gasteiger partial charge in [-0.3, -0.25) is 0 Å². The van der Waals surface area contributed by atoms with Crippen LogP contribution in [0.15, 0.2) is 52.1 Å². The molecule has 4 nitrogen and oxygen atoms in total. The molecule has 0 spiro atoms. The molecular formula is C14H13BrFN3O. The van der Waals surface area contributed by atoms with Gasteiger partial charge in [0, 0.05) is 17.1 Å². The Bertz CT molecular complexity index is 661. The van der Waals surface area contributed by atoms with E-state index >= 15 is 0 Å². The lowest BCUT2D eigenvalue weighted by atomic mass is 10.1. The summed E-state index contributed by atoms with van der Waals surface area (Å²) >= 11 is 3.33. The van der Waals surface area contributed by atoms with Crippen LogP contribution >= 0.6 is 15.9 Å². The molecule has 3 N–H and O–H groups in total. The van der Waals surface area contributed by atoms with Crippen molar-refractivity contribution < 1.29 is 9.60 Å². The molecule has 20 heavy (non-hydrogen) atoms. The Hall–Kier alpha value is -2.08. The van der Waals surface area contributed by atoms with Gasteiger partial charge in [-0.25, -0.2) is 4.39 Å². The normalized spacial score (nSPS) is 11.4. The van der Waals surface area contributed by atoms with Crippen molar-refractivity contribution in [3.05, 3.63) is 58.3 Å². The highest BCUT2D eigenvalue weighted by Crippen LogP contribution is 2.30. The second-order valence-corrected chi connectivity index (χ2v) is 5.07. The van der Waals surface area contributed by atoms with E-state index in [9.17, 15) is 4.39 Å². The van der Waals surface area contributed by atoms with Crippen LogP contribution in [0.2, 0.25) is 0 Å². The van der Waals surface area contributed by atoms with Gasteiger partial charge in [-0.05, 0) is 30.3 Å². The summed E-state index contributed by atoms with van der Waals surface area (Å²) in [6.07, 6.45) is 0. The minimum atomic E-state index is -0.344. The Morgan fingerprint density at radius 1 is 1.25 bits per heavy atom. The Labute approximate surface area is 124 Å². The van der Waals surface area contributed by atoms with Crippen LogP contribution in [0.1, 0.15) is 5.56 Å². The van der Waals surface area contributed by atoms with E-state index < -0.39 is 0 Å². The maximum atomic E-state index is 13.9. The molecule has 0 aliphatic carbocycles. The number of hydrogen-bond acceptors (Lipinski definition) is 3. The highest BCUT2D eigenvalue weighted by Gasteiger charge is 2.15. The maximum absolute atomic E-state index is 13.9. The van der Waals surface area contributed by atoms with Gasteiger partial charge in [-0.2, -0.15) is 0 Å². The number of halogens is 2. The van der Waals surface area contributed by atoms with Crippen molar-refractivity contribution in [2.24, 2.45) is 10.9 Å². The monoisotopic (exact) mass is 337 g/mol. The number of rotatable bonds is 3. The summed E-state index contributed by atoms with van der Waals surface area (Å²) in [5, 5.41) is 11.9. The van der Waals surface area contributed by atoms with E-state index in [1.807, 2.05) is 0 Å². The predicted octanol–water partition coefficient (Wildman–Crippen LogP) is 3.45. The third-order valence-electron chi connectivity index (χ3n) is 2.92. The molecule has 0 atom stereocenters. The molecule has 6 heteroatoms. The lowest BCUT2D eigenvalue weighted by molar-refractivity contribution is 0.318. The average Bonchev–Trinajstić information content (AvgIpc) is 2.46. The van der Waals surface area contributed by atoms with Crippen LogP contribution in [0.25, 0.3) is 0 Å². The van der Waals surface area contributed by atoms with Gasteiger partial charge in [0.05, 0.1) is 11.4 Å². The number of anilines is 2. The van der Waals surface area contributed by atoms with Gasteiger partial charge in [-0.1, -0.05) is 33.2 Å². The molecule has 0 heterocycles. The molecule has 0 aliphatic heterocycles. The van der Waals surface area contributed by atoms with E-state index in [1.54, 1.807) is 48.3 Å². The van der Waals surface area contributed by atoms with Crippen LogP contribution in [0.3, 0.4) is 0 Å². The van der Waals surface area contributed by atoms with E-state index in [-0.39, 0.29) is 11.7 Å². The van der Waals surface area contributed by atoms with Gasteiger partial charge in [0.15, 0.2) is 5.84 Å². The topological polar surface area (TPSA) is 61.8 Å². The number of benzene rings is 2. The smallest absolute Gasteiger partial charge is 0.172 e. The van der Waals surface area contributed by atoms with Crippen LogP contribution in [-0.4, -0.2) is 18.1 Å². The molecule has 2 aromatic carbocycles. The van der Waals surface area contributed by atoms with Crippen molar-refractivity contribution in [3.8, 4) is 0 Å². The predicted molar refractivity (Wildman–Crippen MR) is 81.1 cm³/mol. The molecule has 0 saturated heterocycles. The van der Waals surface area contributed by atoms with Crippen LogP contribution in [-0.2, 0) is 0 Å². The zero-order chi connectivity index (χ0) is 14.7. The number of amidine groups is 1. The summed E-state index contributed by atoms with van der Waals surface area (Å²) in [6.45, 7) is 0. The largest absolute Gasteiger partial charge is 0.409 e. The summed E-state index contributed by atoms with van der Waals surface area (Å²) in [6, 6.07) is 11.7. The fourth-order valence-electron chi connectivity index (χ4n) is 1.91. The molecule has 0 aromatic heterocycles. The lowest BCUT2D eigenvalue weighted by Gasteiger charge is -2.22. The number of para-hydroxylation sites is 1. The molecule has 0 aliphatic rings.